The molecule has 0 radical (unpaired) electrons. The fourth-order valence-corrected chi connectivity index (χ4v) is 1.16. The van der Waals surface area contributed by atoms with Crippen molar-refractivity contribution in [2.75, 3.05) is 19.6 Å². The first-order valence-corrected chi connectivity index (χ1v) is 4.77. The van der Waals surface area contributed by atoms with Crippen molar-refractivity contribution in [1.29, 1.82) is 0 Å². The van der Waals surface area contributed by atoms with Crippen molar-refractivity contribution in [1.82, 2.24) is 4.90 Å². The summed E-state index contributed by atoms with van der Waals surface area (Å²) in [5.74, 6) is 0.0970. The number of halogens is 3. The van der Waals surface area contributed by atoms with Crippen LogP contribution in [0.5, 0.6) is 0 Å². The molecule has 2 N–H and O–H groups in total. The molecule has 0 saturated carbocycles. The van der Waals surface area contributed by atoms with Gasteiger partial charge in [-0.3, -0.25) is 4.90 Å². The van der Waals surface area contributed by atoms with Crippen molar-refractivity contribution in [2.45, 2.75) is 33.0 Å². The van der Waals surface area contributed by atoms with Crippen LogP contribution in [0.2, 0.25) is 0 Å². The van der Waals surface area contributed by atoms with Gasteiger partial charge < -0.3 is 5.73 Å². The van der Waals surface area contributed by atoms with Gasteiger partial charge in [-0.25, -0.2) is 0 Å². The molecule has 0 rings (SSSR count). The molecule has 0 aliphatic rings. The maximum absolute atomic E-state index is 12.1. The monoisotopic (exact) mass is 212 g/mol. The fourth-order valence-electron chi connectivity index (χ4n) is 1.16. The van der Waals surface area contributed by atoms with E-state index < -0.39 is 12.7 Å². The Labute approximate surface area is 83.3 Å². The Bertz CT molecular complexity index is 157. The molecule has 0 bridgehead atoms. The van der Waals surface area contributed by atoms with E-state index in [0.29, 0.717) is 13.1 Å². The smallest absolute Gasteiger partial charge is 0.330 e. The van der Waals surface area contributed by atoms with E-state index in [1.165, 1.54) is 4.90 Å². The summed E-state index contributed by atoms with van der Waals surface area (Å²) in [4.78, 5) is 1.40. The number of alkyl halides is 3. The van der Waals surface area contributed by atoms with Gasteiger partial charge in [-0.2, -0.15) is 13.2 Å². The molecule has 5 heteroatoms. The summed E-state index contributed by atoms with van der Waals surface area (Å²) in [6.45, 7) is 5.33. The average molecular weight is 212 g/mol. The lowest BCUT2D eigenvalue weighted by atomic mass is 10.1. The number of rotatable bonds is 5. The van der Waals surface area contributed by atoms with Gasteiger partial charge in [0, 0.05) is 12.6 Å². The van der Waals surface area contributed by atoms with E-state index in [0.717, 1.165) is 0 Å². The zero-order valence-corrected chi connectivity index (χ0v) is 8.93. The summed E-state index contributed by atoms with van der Waals surface area (Å²) in [7, 11) is 0. The van der Waals surface area contributed by atoms with Crippen LogP contribution >= 0.6 is 0 Å². The average Bonchev–Trinajstić information content (AvgIpc) is 2.00. The Kier molecular flexibility index (Phi) is 5.44. The molecule has 1 atom stereocenters. The van der Waals surface area contributed by atoms with E-state index in [1.807, 2.05) is 6.92 Å². The summed E-state index contributed by atoms with van der Waals surface area (Å²) in [6, 6.07) is -0.106. The van der Waals surface area contributed by atoms with Crippen LogP contribution in [0.15, 0.2) is 0 Å². The zero-order valence-electron chi connectivity index (χ0n) is 8.93. The van der Waals surface area contributed by atoms with Gasteiger partial charge in [-0.15, -0.1) is 0 Å². The Morgan fingerprint density at radius 2 is 1.71 bits per heavy atom. The standard InChI is InChI=1S/C9H19F3N2/c1-7(2)14(5-8(3)4-13)6-9(10,11)12/h7-8H,4-6,13H2,1-3H3. The molecule has 0 aromatic rings. The van der Waals surface area contributed by atoms with Gasteiger partial charge in [0.05, 0.1) is 6.54 Å². The molecule has 0 spiro atoms. The van der Waals surface area contributed by atoms with Crippen LogP contribution in [0, 0.1) is 5.92 Å². The van der Waals surface area contributed by atoms with E-state index in [1.54, 1.807) is 13.8 Å². The van der Waals surface area contributed by atoms with Gasteiger partial charge in [-0.05, 0) is 26.3 Å². The zero-order chi connectivity index (χ0) is 11.4. The highest BCUT2D eigenvalue weighted by Gasteiger charge is 2.31. The van der Waals surface area contributed by atoms with Crippen molar-refractivity contribution in [3.8, 4) is 0 Å². The summed E-state index contributed by atoms with van der Waals surface area (Å²) in [5.41, 5.74) is 5.38. The van der Waals surface area contributed by atoms with Crippen molar-refractivity contribution in [2.24, 2.45) is 11.7 Å². The van der Waals surface area contributed by atoms with Crippen LogP contribution in [-0.4, -0.2) is 36.8 Å². The molecule has 0 amide bonds. The number of nitrogens with zero attached hydrogens (tertiary/aromatic N) is 1. The van der Waals surface area contributed by atoms with Gasteiger partial charge in [0.25, 0.3) is 0 Å². The molecule has 0 aromatic carbocycles. The molecule has 2 nitrogen and oxygen atoms in total. The maximum atomic E-state index is 12.1. The second-order valence-electron chi connectivity index (χ2n) is 3.98. The van der Waals surface area contributed by atoms with Gasteiger partial charge in [-0.1, -0.05) is 6.92 Å². The first-order chi connectivity index (χ1) is 6.26. The topological polar surface area (TPSA) is 29.3 Å². The Hall–Kier alpha value is -0.290. The molecular weight excluding hydrogens is 193 g/mol. The van der Waals surface area contributed by atoms with Crippen molar-refractivity contribution in [3.05, 3.63) is 0 Å². The summed E-state index contributed by atoms with van der Waals surface area (Å²) < 4.78 is 36.4. The largest absolute Gasteiger partial charge is 0.401 e. The normalized spacial score (nSPS) is 15.2. The van der Waals surface area contributed by atoms with Crippen LogP contribution in [0.3, 0.4) is 0 Å². The fraction of sp³-hybridized carbons (Fsp3) is 1.00. The third kappa shape index (κ3) is 6.21. The highest BCUT2D eigenvalue weighted by Crippen LogP contribution is 2.18. The first kappa shape index (κ1) is 13.7. The lowest BCUT2D eigenvalue weighted by Gasteiger charge is -2.29. The third-order valence-electron chi connectivity index (χ3n) is 2.06. The van der Waals surface area contributed by atoms with Crippen molar-refractivity contribution >= 4 is 0 Å². The van der Waals surface area contributed by atoms with E-state index in [4.69, 9.17) is 5.73 Å². The molecule has 0 aliphatic heterocycles. The van der Waals surface area contributed by atoms with Crippen LogP contribution in [0.1, 0.15) is 20.8 Å². The number of nitrogens with two attached hydrogens (primary N) is 1. The number of hydrogen-bond acceptors (Lipinski definition) is 2. The predicted octanol–water partition coefficient (Wildman–Crippen LogP) is 1.85. The van der Waals surface area contributed by atoms with Gasteiger partial charge in [0.15, 0.2) is 0 Å². The highest BCUT2D eigenvalue weighted by molar-refractivity contribution is 4.70. The Morgan fingerprint density at radius 3 is 2.00 bits per heavy atom. The summed E-state index contributed by atoms with van der Waals surface area (Å²) in [6.07, 6.45) is -4.13. The van der Waals surface area contributed by atoms with E-state index in [9.17, 15) is 13.2 Å². The second-order valence-corrected chi connectivity index (χ2v) is 3.98. The lowest BCUT2D eigenvalue weighted by Crippen LogP contribution is -2.42. The van der Waals surface area contributed by atoms with Crippen molar-refractivity contribution in [3.63, 3.8) is 0 Å². The van der Waals surface area contributed by atoms with Crippen LogP contribution in [0.4, 0.5) is 13.2 Å². The predicted molar refractivity (Wildman–Crippen MR) is 51.0 cm³/mol. The minimum atomic E-state index is -4.13. The third-order valence-corrected chi connectivity index (χ3v) is 2.06. The summed E-state index contributed by atoms with van der Waals surface area (Å²) in [5, 5.41) is 0. The van der Waals surface area contributed by atoms with Crippen LogP contribution in [-0.2, 0) is 0 Å². The minimum Gasteiger partial charge on any atom is -0.330 e. The van der Waals surface area contributed by atoms with Gasteiger partial charge in [0.2, 0.25) is 0 Å². The van der Waals surface area contributed by atoms with Gasteiger partial charge >= 0.3 is 6.18 Å². The highest BCUT2D eigenvalue weighted by atomic mass is 19.4. The lowest BCUT2D eigenvalue weighted by molar-refractivity contribution is -0.150. The van der Waals surface area contributed by atoms with Crippen molar-refractivity contribution < 1.29 is 13.2 Å². The summed E-state index contributed by atoms with van der Waals surface area (Å²) >= 11 is 0. The first-order valence-electron chi connectivity index (χ1n) is 4.77. The Balaban J connectivity index is 4.16. The molecule has 14 heavy (non-hydrogen) atoms. The van der Waals surface area contributed by atoms with E-state index >= 15 is 0 Å². The van der Waals surface area contributed by atoms with E-state index in [-0.39, 0.29) is 12.0 Å². The molecule has 0 saturated heterocycles. The molecule has 0 heterocycles. The number of hydrogen-bond donors (Lipinski definition) is 1. The molecule has 1 unspecified atom stereocenters. The molecule has 86 valence electrons. The Morgan fingerprint density at radius 1 is 1.21 bits per heavy atom. The molecular formula is C9H19F3N2. The minimum absolute atomic E-state index is 0.0970. The maximum Gasteiger partial charge on any atom is 0.401 e. The molecule has 0 aromatic heterocycles. The van der Waals surface area contributed by atoms with Gasteiger partial charge in [0.1, 0.15) is 0 Å². The van der Waals surface area contributed by atoms with Crippen LogP contribution < -0.4 is 5.73 Å². The SMILES string of the molecule is CC(CN)CN(CC(F)(F)F)C(C)C. The second kappa shape index (κ2) is 5.56. The van der Waals surface area contributed by atoms with Crippen LogP contribution in [0.25, 0.3) is 0 Å². The molecule has 0 aliphatic carbocycles. The quantitative estimate of drug-likeness (QED) is 0.753. The van der Waals surface area contributed by atoms with E-state index in [2.05, 4.69) is 0 Å². The molecule has 0 fully saturated rings.